The fourth-order valence-electron chi connectivity index (χ4n) is 1.64. The molecule has 4 heteroatoms. The highest BCUT2D eigenvalue weighted by atomic mass is 19.4. The van der Waals surface area contributed by atoms with E-state index in [1.165, 1.54) is 7.11 Å². The summed E-state index contributed by atoms with van der Waals surface area (Å²) in [5.41, 5.74) is 0. The molecule has 0 aliphatic heterocycles. The van der Waals surface area contributed by atoms with Gasteiger partial charge >= 0.3 is 6.18 Å². The molecule has 1 nitrogen and oxygen atoms in total. The van der Waals surface area contributed by atoms with Crippen LogP contribution in [0.15, 0.2) is 0 Å². The first-order chi connectivity index (χ1) is 6.82. The molecule has 0 amide bonds. The van der Waals surface area contributed by atoms with Gasteiger partial charge in [-0.05, 0) is 24.7 Å². The summed E-state index contributed by atoms with van der Waals surface area (Å²) < 4.78 is 42.6. The third-order valence-corrected chi connectivity index (χ3v) is 2.87. The maximum atomic E-state index is 12.5. The molecule has 0 saturated carbocycles. The molecule has 0 spiro atoms. The van der Waals surface area contributed by atoms with Crippen LogP contribution in [0.4, 0.5) is 13.2 Å². The lowest BCUT2D eigenvalue weighted by Gasteiger charge is -2.26. The second-order valence-electron chi connectivity index (χ2n) is 4.34. The maximum absolute atomic E-state index is 12.5. The Bertz CT molecular complexity index is 166. The summed E-state index contributed by atoms with van der Waals surface area (Å²) in [6, 6.07) is 0. The van der Waals surface area contributed by atoms with Crippen molar-refractivity contribution in [1.29, 1.82) is 0 Å². The van der Waals surface area contributed by atoms with Crippen LogP contribution < -0.4 is 0 Å². The number of halogens is 3. The average Bonchev–Trinajstić information content (AvgIpc) is 2.09. The molecule has 2 atom stereocenters. The molecule has 0 radical (unpaired) electrons. The first-order valence-corrected chi connectivity index (χ1v) is 5.38. The van der Waals surface area contributed by atoms with Gasteiger partial charge in [-0.3, -0.25) is 0 Å². The molecule has 15 heavy (non-hydrogen) atoms. The van der Waals surface area contributed by atoms with Crippen molar-refractivity contribution in [2.45, 2.75) is 39.8 Å². The normalized spacial score (nSPS) is 16.8. The number of hydrogen-bond acceptors (Lipinski definition) is 1. The summed E-state index contributed by atoms with van der Waals surface area (Å²) >= 11 is 0. The Kier molecular flexibility index (Phi) is 6.25. The fourth-order valence-corrected chi connectivity index (χ4v) is 1.64. The minimum atomic E-state index is -4.07. The zero-order valence-electron chi connectivity index (χ0n) is 9.90. The fraction of sp³-hybridized carbons (Fsp3) is 1.00. The summed E-state index contributed by atoms with van der Waals surface area (Å²) in [5, 5.41) is 0. The number of hydrogen-bond donors (Lipinski definition) is 0. The van der Waals surface area contributed by atoms with Crippen LogP contribution in [0.5, 0.6) is 0 Å². The van der Waals surface area contributed by atoms with Gasteiger partial charge in [0.15, 0.2) is 0 Å². The van der Waals surface area contributed by atoms with Crippen molar-refractivity contribution in [3.8, 4) is 0 Å². The molecule has 0 fully saturated rings. The summed E-state index contributed by atoms with van der Waals surface area (Å²) in [6.07, 6.45) is -3.75. The number of alkyl halides is 3. The lowest BCUT2D eigenvalue weighted by atomic mass is 9.85. The third-order valence-electron chi connectivity index (χ3n) is 2.87. The maximum Gasteiger partial charge on any atom is 0.391 e. The van der Waals surface area contributed by atoms with Gasteiger partial charge in [-0.15, -0.1) is 0 Å². The molecule has 0 rings (SSSR count). The van der Waals surface area contributed by atoms with Crippen LogP contribution in [0, 0.1) is 17.8 Å². The lowest BCUT2D eigenvalue weighted by Crippen LogP contribution is -2.28. The van der Waals surface area contributed by atoms with Gasteiger partial charge in [0.2, 0.25) is 0 Å². The second-order valence-corrected chi connectivity index (χ2v) is 4.34. The van der Waals surface area contributed by atoms with E-state index < -0.39 is 12.1 Å². The van der Waals surface area contributed by atoms with Crippen LogP contribution in [0.3, 0.4) is 0 Å². The molecular formula is C11H21F3O. The van der Waals surface area contributed by atoms with E-state index in [-0.39, 0.29) is 24.7 Å². The van der Waals surface area contributed by atoms with Crippen LogP contribution in [-0.2, 0) is 4.74 Å². The average molecular weight is 226 g/mol. The lowest BCUT2D eigenvalue weighted by molar-refractivity contribution is -0.181. The smallest absolute Gasteiger partial charge is 0.384 e. The van der Waals surface area contributed by atoms with Crippen molar-refractivity contribution >= 4 is 0 Å². The van der Waals surface area contributed by atoms with Gasteiger partial charge in [-0.25, -0.2) is 0 Å². The Morgan fingerprint density at radius 1 is 1.20 bits per heavy atom. The minimum Gasteiger partial charge on any atom is -0.384 e. The highest BCUT2D eigenvalue weighted by molar-refractivity contribution is 4.73. The zero-order chi connectivity index (χ0) is 12.1. The molecule has 0 N–H and O–H groups in total. The van der Waals surface area contributed by atoms with E-state index in [9.17, 15) is 13.2 Å². The van der Waals surface area contributed by atoms with E-state index in [0.29, 0.717) is 6.61 Å². The molecular weight excluding hydrogens is 205 g/mol. The van der Waals surface area contributed by atoms with Crippen molar-refractivity contribution < 1.29 is 17.9 Å². The largest absolute Gasteiger partial charge is 0.391 e. The summed E-state index contributed by atoms with van der Waals surface area (Å²) in [4.78, 5) is 0. The highest BCUT2D eigenvalue weighted by Gasteiger charge is 2.39. The van der Waals surface area contributed by atoms with Crippen LogP contribution in [-0.4, -0.2) is 19.9 Å². The zero-order valence-corrected chi connectivity index (χ0v) is 9.90. The van der Waals surface area contributed by atoms with Crippen LogP contribution in [0.25, 0.3) is 0 Å². The van der Waals surface area contributed by atoms with Gasteiger partial charge in [0.25, 0.3) is 0 Å². The SMILES string of the molecule is CC[C@H](C[C@@H](COC)C(C)C)C(F)(F)F. The van der Waals surface area contributed by atoms with E-state index in [2.05, 4.69) is 0 Å². The van der Waals surface area contributed by atoms with Crippen LogP contribution in [0.2, 0.25) is 0 Å². The van der Waals surface area contributed by atoms with Crippen LogP contribution in [0.1, 0.15) is 33.6 Å². The molecule has 0 aromatic rings. The molecule has 0 aliphatic carbocycles. The quantitative estimate of drug-likeness (QED) is 0.667. The summed E-state index contributed by atoms with van der Waals surface area (Å²) in [5.74, 6) is -0.983. The van der Waals surface area contributed by atoms with Gasteiger partial charge in [0, 0.05) is 13.7 Å². The standard InChI is InChI=1S/C11H21F3O/c1-5-10(11(12,13)14)6-9(7-15-4)8(2)3/h8-10H,5-7H2,1-4H3/t9-,10+/m0/s1. The summed E-state index contributed by atoms with van der Waals surface area (Å²) in [6.45, 7) is 5.87. The van der Waals surface area contributed by atoms with Gasteiger partial charge in [0.05, 0.1) is 5.92 Å². The molecule has 0 aliphatic rings. The van der Waals surface area contributed by atoms with E-state index in [1.54, 1.807) is 6.92 Å². The number of methoxy groups -OCH3 is 1. The van der Waals surface area contributed by atoms with Gasteiger partial charge < -0.3 is 4.74 Å². The van der Waals surface area contributed by atoms with Crippen molar-refractivity contribution in [3.63, 3.8) is 0 Å². The number of ether oxygens (including phenoxy) is 1. The Hall–Kier alpha value is -0.250. The first kappa shape index (κ1) is 14.8. The Morgan fingerprint density at radius 2 is 1.73 bits per heavy atom. The van der Waals surface area contributed by atoms with Crippen molar-refractivity contribution in [2.75, 3.05) is 13.7 Å². The monoisotopic (exact) mass is 226 g/mol. The summed E-state index contributed by atoms with van der Waals surface area (Å²) in [7, 11) is 1.53. The van der Waals surface area contributed by atoms with E-state index in [1.807, 2.05) is 13.8 Å². The molecule has 0 heterocycles. The van der Waals surface area contributed by atoms with Crippen LogP contribution >= 0.6 is 0 Å². The van der Waals surface area contributed by atoms with Gasteiger partial charge in [-0.2, -0.15) is 13.2 Å². The first-order valence-electron chi connectivity index (χ1n) is 5.38. The Morgan fingerprint density at radius 3 is 2.00 bits per heavy atom. The highest BCUT2D eigenvalue weighted by Crippen LogP contribution is 2.35. The predicted octanol–water partition coefficient (Wildman–Crippen LogP) is 3.88. The molecule has 0 aromatic carbocycles. The van der Waals surface area contributed by atoms with Gasteiger partial charge in [-0.1, -0.05) is 20.8 Å². The Balaban J connectivity index is 4.35. The van der Waals surface area contributed by atoms with E-state index in [4.69, 9.17) is 4.74 Å². The molecule has 0 unspecified atom stereocenters. The van der Waals surface area contributed by atoms with E-state index in [0.717, 1.165) is 0 Å². The predicted molar refractivity (Wildman–Crippen MR) is 54.7 cm³/mol. The van der Waals surface area contributed by atoms with Gasteiger partial charge in [0.1, 0.15) is 0 Å². The second kappa shape index (κ2) is 6.36. The Labute approximate surface area is 90.0 Å². The van der Waals surface area contributed by atoms with Crippen molar-refractivity contribution in [2.24, 2.45) is 17.8 Å². The minimum absolute atomic E-state index is 0.0124. The molecule has 0 aromatic heterocycles. The topological polar surface area (TPSA) is 9.23 Å². The third kappa shape index (κ3) is 5.40. The van der Waals surface area contributed by atoms with E-state index >= 15 is 0 Å². The van der Waals surface area contributed by atoms with Crippen molar-refractivity contribution in [1.82, 2.24) is 0 Å². The molecule has 92 valence electrons. The molecule has 0 saturated heterocycles. The number of rotatable bonds is 6. The molecule has 0 bridgehead atoms. The van der Waals surface area contributed by atoms with Crippen molar-refractivity contribution in [3.05, 3.63) is 0 Å².